The molecule has 0 saturated carbocycles. The summed E-state index contributed by atoms with van der Waals surface area (Å²) in [5, 5.41) is 0. The molecule has 0 aromatic carbocycles. The van der Waals surface area contributed by atoms with Crippen LogP contribution in [-0.2, 0) is 9.53 Å². The Balaban J connectivity index is 5.25. The lowest BCUT2D eigenvalue weighted by Crippen LogP contribution is -2.46. The number of esters is 1. The van der Waals surface area contributed by atoms with Crippen LogP contribution in [0.25, 0.3) is 0 Å². The van der Waals surface area contributed by atoms with Crippen LogP contribution < -0.4 is 0 Å². The van der Waals surface area contributed by atoms with Crippen molar-refractivity contribution in [1.82, 2.24) is 0 Å². The molecule has 0 rings (SSSR count). The third-order valence-corrected chi connectivity index (χ3v) is 4.76. The van der Waals surface area contributed by atoms with Crippen LogP contribution in [0.1, 0.15) is 81.6 Å². The molecule has 0 bridgehead atoms. The highest BCUT2D eigenvalue weighted by Crippen LogP contribution is 2.45. The van der Waals surface area contributed by atoms with Crippen molar-refractivity contribution in [2.45, 2.75) is 87.2 Å². The van der Waals surface area contributed by atoms with E-state index >= 15 is 0 Å². The molecule has 0 saturated heterocycles. The van der Waals surface area contributed by atoms with Crippen LogP contribution in [0.5, 0.6) is 0 Å². The molecule has 19 heavy (non-hydrogen) atoms. The van der Waals surface area contributed by atoms with Crippen molar-refractivity contribution in [2.24, 2.45) is 16.7 Å². The van der Waals surface area contributed by atoms with Crippen molar-refractivity contribution in [2.75, 3.05) is 0 Å². The molecule has 0 heterocycles. The lowest BCUT2D eigenvalue weighted by atomic mass is 9.64. The van der Waals surface area contributed by atoms with Gasteiger partial charge >= 0.3 is 5.97 Å². The minimum atomic E-state index is -0.438. The van der Waals surface area contributed by atoms with Gasteiger partial charge in [0, 0.05) is 0 Å². The Kier molecular flexibility index (Phi) is 6.10. The third-order valence-electron chi connectivity index (χ3n) is 4.76. The SMILES string of the molecule is CCC(C)(CC)OC(=O)C(C)(CC(C)C)C(C)(C)C. The van der Waals surface area contributed by atoms with Gasteiger partial charge in [0.05, 0.1) is 5.41 Å². The fourth-order valence-electron chi connectivity index (χ4n) is 2.24. The topological polar surface area (TPSA) is 26.3 Å². The fourth-order valence-corrected chi connectivity index (χ4v) is 2.24. The quantitative estimate of drug-likeness (QED) is 0.619. The second kappa shape index (κ2) is 6.28. The van der Waals surface area contributed by atoms with Crippen LogP contribution in [-0.4, -0.2) is 11.6 Å². The first-order valence-corrected chi connectivity index (χ1v) is 7.65. The highest BCUT2D eigenvalue weighted by molar-refractivity contribution is 5.77. The van der Waals surface area contributed by atoms with E-state index in [9.17, 15) is 4.79 Å². The van der Waals surface area contributed by atoms with Gasteiger partial charge in [-0.25, -0.2) is 0 Å². The lowest BCUT2D eigenvalue weighted by Gasteiger charge is -2.43. The highest BCUT2D eigenvalue weighted by Gasteiger charge is 2.47. The van der Waals surface area contributed by atoms with E-state index in [0.717, 1.165) is 19.3 Å². The Hall–Kier alpha value is -0.530. The molecule has 1 atom stereocenters. The van der Waals surface area contributed by atoms with Gasteiger partial charge in [-0.3, -0.25) is 4.79 Å². The van der Waals surface area contributed by atoms with Crippen LogP contribution in [0.15, 0.2) is 0 Å². The van der Waals surface area contributed by atoms with Gasteiger partial charge < -0.3 is 4.74 Å². The van der Waals surface area contributed by atoms with E-state index in [0.29, 0.717) is 5.92 Å². The Bertz CT molecular complexity index is 295. The van der Waals surface area contributed by atoms with Gasteiger partial charge in [0.2, 0.25) is 0 Å². The Morgan fingerprint density at radius 3 is 1.68 bits per heavy atom. The predicted molar refractivity (Wildman–Crippen MR) is 82.1 cm³/mol. The number of ether oxygens (including phenoxy) is 1. The van der Waals surface area contributed by atoms with Crippen molar-refractivity contribution in [1.29, 1.82) is 0 Å². The van der Waals surface area contributed by atoms with E-state index in [4.69, 9.17) is 4.74 Å². The van der Waals surface area contributed by atoms with E-state index in [1.54, 1.807) is 0 Å². The van der Waals surface area contributed by atoms with Gasteiger partial charge in [0.15, 0.2) is 0 Å². The molecule has 0 aliphatic carbocycles. The van der Waals surface area contributed by atoms with Gasteiger partial charge in [-0.15, -0.1) is 0 Å². The number of hydrogen-bond acceptors (Lipinski definition) is 2. The predicted octanol–water partition coefficient (Wildman–Crippen LogP) is 5.21. The van der Waals surface area contributed by atoms with Crippen molar-refractivity contribution in [3.05, 3.63) is 0 Å². The van der Waals surface area contributed by atoms with E-state index in [1.165, 1.54) is 0 Å². The Labute approximate surface area is 120 Å². The second-order valence-electron chi connectivity index (χ2n) is 7.73. The van der Waals surface area contributed by atoms with Crippen molar-refractivity contribution < 1.29 is 9.53 Å². The average molecular weight is 270 g/mol. The van der Waals surface area contributed by atoms with Gasteiger partial charge in [-0.2, -0.15) is 0 Å². The smallest absolute Gasteiger partial charge is 0.312 e. The zero-order valence-electron chi connectivity index (χ0n) is 14.5. The molecule has 0 aromatic rings. The monoisotopic (exact) mass is 270 g/mol. The summed E-state index contributed by atoms with van der Waals surface area (Å²) in [5.41, 5.74) is -0.871. The number of carbonyl (C=O) groups excluding carboxylic acids is 1. The molecule has 0 radical (unpaired) electrons. The van der Waals surface area contributed by atoms with Crippen LogP contribution in [0.2, 0.25) is 0 Å². The van der Waals surface area contributed by atoms with Crippen molar-refractivity contribution >= 4 is 5.97 Å². The van der Waals surface area contributed by atoms with E-state index < -0.39 is 5.41 Å². The van der Waals surface area contributed by atoms with Crippen LogP contribution in [0, 0.1) is 16.7 Å². The molecule has 114 valence electrons. The maximum absolute atomic E-state index is 12.8. The number of hydrogen-bond donors (Lipinski definition) is 0. The number of carbonyl (C=O) groups is 1. The van der Waals surface area contributed by atoms with Gasteiger partial charge in [-0.05, 0) is 44.4 Å². The van der Waals surface area contributed by atoms with Crippen LogP contribution >= 0.6 is 0 Å². The largest absolute Gasteiger partial charge is 0.459 e. The summed E-state index contributed by atoms with van der Waals surface area (Å²) < 4.78 is 5.89. The summed E-state index contributed by atoms with van der Waals surface area (Å²) in [6, 6.07) is 0. The summed E-state index contributed by atoms with van der Waals surface area (Å²) in [7, 11) is 0. The molecule has 0 N–H and O–H groups in total. The fraction of sp³-hybridized carbons (Fsp3) is 0.941. The zero-order chi connectivity index (χ0) is 15.5. The van der Waals surface area contributed by atoms with Crippen molar-refractivity contribution in [3.63, 3.8) is 0 Å². The molecular formula is C17H34O2. The zero-order valence-corrected chi connectivity index (χ0v) is 14.5. The standard InChI is InChI=1S/C17H34O2/c1-10-16(8,11-2)19-14(18)17(9,12-13(3)4)15(5,6)7/h13H,10-12H2,1-9H3. The minimum Gasteiger partial charge on any atom is -0.459 e. The summed E-state index contributed by atoms with van der Waals surface area (Å²) in [4.78, 5) is 12.8. The maximum Gasteiger partial charge on any atom is 0.312 e. The second-order valence-corrected chi connectivity index (χ2v) is 7.73. The molecule has 2 nitrogen and oxygen atoms in total. The van der Waals surface area contributed by atoms with Gasteiger partial charge in [0.25, 0.3) is 0 Å². The summed E-state index contributed by atoms with van der Waals surface area (Å²) in [6.07, 6.45) is 2.58. The van der Waals surface area contributed by atoms with E-state index in [-0.39, 0.29) is 17.0 Å². The molecule has 2 heteroatoms. The molecule has 0 aliphatic heterocycles. The average Bonchev–Trinajstić information content (AvgIpc) is 2.26. The van der Waals surface area contributed by atoms with Gasteiger partial charge in [-0.1, -0.05) is 48.5 Å². The first-order chi connectivity index (χ1) is 8.42. The summed E-state index contributed by atoms with van der Waals surface area (Å²) >= 11 is 0. The molecular weight excluding hydrogens is 236 g/mol. The minimum absolute atomic E-state index is 0.0418. The van der Waals surface area contributed by atoms with Crippen LogP contribution in [0.3, 0.4) is 0 Å². The first kappa shape index (κ1) is 18.5. The highest BCUT2D eigenvalue weighted by atomic mass is 16.6. The van der Waals surface area contributed by atoms with Crippen molar-refractivity contribution in [3.8, 4) is 0 Å². The summed E-state index contributed by atoms with van der Waals surface area (Å²) in [6.45, 7) is 19.0. The molecule has 0 amide bonds. The summed E-state index contributed by atoms with van der Waals surface area (Å²) in [5.74, 6) is 0.436. The Morgan fingerprint density at radius 2 is 1.42 bits per heavy atom. The molecule has 0 spiro atoms. The molecule has 0 aliphatic rings. The lowest BCUT2D eigenvalue weighted by molar-refractivity contribution is -0.179. The molecule has 0 aromatic heterocycles. The van der Waals surface area contributed by atoms with Crippen LogP contribution in [0.4, 0.5) is 0 Å². The maximum atomic E-state index is 12.8. The normalized spacial score (nSPS) is 16.3. The van der Waals surface area contributed by atoms with E-state index in [1.807, 2.05) is 6.92 Å². The van der Waals surface area contributed by atoms with Gasteiger partial charge in [0.1, 0.15) is 5.60 Å². The molecule has 1 unspecified atom stereocenters. The molecule has 0 fully saturated rings. The third kappa shape index (κ3) is 4.50. The number of rotatable bonds is 6. The Morgan fingerprint density at radius 1 is 1.00 bits per heavy atom. The van der Waals surface area contributed by atoms with E-state index in [2.05, 4.69) is 55.4 Å². The first-order valence-electron chi connectivity index (χ1n) is 7.65.